The maximum absolute atomic E-state index is 12.5. The quantitative estimate of drug-likeness (QED) is 0.313. The number of nitrogens with two attached hydrogens (primary N) is 2. The zero-order valence-corrected chi connectivity index (χ0v) is 17.3. The average Bonchev–Trinajstić information content (AvgIpc) is 2.45. The van der Waals surface area contributed by atoms with Gasteiger partial charge in [0, 0.05) is 17.9 Å². The largest absolute Gasteiger partial charge is 0.357 e. The maximum atomic E-state index is 12.5. The van der Waals surface area contributed by atoms with Crippen LogP contribution >= 0.6 is 63.7 Å². The summed E-state index contributed by atoms with van der Waals surface area (Å²) in [5, 5.41) is 1.95. The van der Waals surface area contributed by atoms with Gasteiger partial charge in [0.05, 0.1) is 11.4 Å². The predicted molar refractivity (Wildman–Crippen MR) is 102 cm³/mol. The molecular formula is C13H10Br4N4O. The molecule has 0 saturated carbocycles. The smallest absolute Gasteiger partial charge is 0.245 e. The van der Waals surface area contributed by atoms with Gasteiger partial charge in [0.1, 0.15) is 0 Å². The second kappa shape index (κ2) is 7.41. The monoisotopic (exact) mass is 554 g/mol. The molecule has 0 bridgehead atoms. The van der Waals surface area contributed by atoms with Crippen LogP contribution < -0.4 is 21.7 Å². The van der Waals surface area contributed by atoms with Crippen LogP contribution in [0.5, 0.6) is 0 Å². The summed E-state index contributed by atoms with van der Waals surface area (Å²) in [4.78, 5) is 12.5. The Morgan fingerprint density at radius 1 is 0.773 bits per heavy atom. The van der Waals surface area contributed by atoms with Crippen molar-refractivity contribution in [3.8, 4) is 0 Å². The second-order valence-electron chi connectivity index (χ2n) is 4.21. The van der Waals surface area contributed by atoms with Crippen LogP contribution in [0, 0.1) is 0 Å². The molecule has 2 aromatic carbocycles. The van der Waals surface area contributed by atoms with E-state index >= 15 is 0 Å². The summed E-state index contributed by atoms with van der Waals surface area (Å²) in [7, 11) is 0. The standard InChI is InChI=1S/C13H10Br4N4O/c14-7-1-3-11(9(16)5-7)20(18)13(22)21(19)12-4-2-8(15)6-10(12)17/h1-6H,18-19H2. The first-order valence-corrected chi connectivity index (χ1v) is 9.02. The van der Waals surface area contributed by atoms with E-state index < -0.39 is 6.03 Å². The number of anilines is 2. The molecule has 22 heavy (non-hydrogen) atoms. The van der Waals surface area contributed by atoms with Crippen LogP contribution in [0.15, 0.2) is 54.3 Å². The summed E-state index contributed by atoms with van der Waals surface area (Å²) < 4.78 is 3.07. The van der Waals surface area contributed by atoms with Crippen molar-refractivity contribution in [3.63, 3.8) is 0 Å². The fraction of sp³-hybridized carbons (Fsp3) is 0. The molecule has 5 nitrogen and oxygen atoms in total. The lowest BCUT2D eigenvalue weighted by atomic mass is 10.3. The van der Waals surface area contributed by atoms with Gasteiger partial charge < -0.3 is 0 Å². The van der Waals surface area contributed by atoms with Gasteiger partial charge in [0.15, 0.2) is 0 Å². The first-order valence-electron chi connectivity index (χ1n) is 5.85. The Morgan fingerprint density at radius 2 is 1.14 bits per heavy atom. The van der Waals surface area contributed by atoms with Crippen LogP contribution in [-0.4, -0.2) is 6.03 Å². The zero-order valence-electron chi connectivity index (χ0n) is 10.9. The Balaban J connectivity index is 2.29. The van der Waals surface area contributed by atoms with Gasteiger partial charge in [-0.25, -0.2) is 26.5 Å². The van der Waals surface area contributed by atoms with Crippen LogP contribution in [0.2, 0.25) is 0 Å². The van der Waals surface area contributed by atoms with Crippen molar-refractivity contribution in [2.24, 2.45) is 11.7 Å². The zero-order chi connectivity index (χ0) is 16.4. The predicted octanol–water partition coefficient (Wildman–Crippen LogP) is 4.92. The average molecular weight is 558 g/mol. The SMILES string of the molecule is NN(C(=O)N(N)c1ccc(Br)cc1Br)c1ccc(Br)cc1Br. The van der Waals surface area contributed by atoms with E-state index in [2.05, 4.69) is 63.7 Å². The molecule has 2 amide bonds. The summed E-state index contributed by atoms with van der Waals surface area (Å²) in [6, 6.07) is 9.98. The van der Waals surface area contributed by atoms with Gasteiger partial charge in [-0.15, -0.1) is 0 Å². The molecule has 9 heteroatoms. The van der Waals surface area contributed by atoms with Crippen molar-refractivity contribution < 1.29 is 4.79 Å². The van der Waals surface area contributed by atoms with Crippen molar-refractivity contribution in [1.29, 1.82) is 0 Å². The molecule has 4 N–H and O–H groups in total. The number of hydrazine groups is 2. The molecule has 0 aromatic heterocycles. The van der Waals surface area contributed by atoms with Crippen molar-refractivity contribution in [1.82, 2.24) is 0 Å². The summed E-state index contributed by atoms with van der Waals surface area (Å²) in [6.07, 6.45) is 0. The molecule has 0 heterocycles. The number of carbonyl (C=O) groups is 1. The van der Waals surface area contributed by atoms with Crippen molar-refractivity contribution >= 4 is 81.1 Å². The summed E-state index contributed by atoms with van der Waals surface area (Å²) >= 11 is 13.4. The van der Waals surface area contributed by atoms with Crippen LogP contribution in [0.3, 0.4) is 0 Å². The van der Waals surface area contributed by atoms with Gasteiger partial charge in [-0.1, -0.05) is 31.9 Å². The van der Waals surface area contributed by atoms with Crippen LogP contribution in [0.1, 0.15) is 0 Å². The number of hydrogen-bond donors (Lipinski definition) is 2. The van der Waals surface area contributed by atoms with E-state index in [1.807, 2.05) is 0 Å². The molecular weight excluding hydrogens is 548 g/mol. The highest BCUT2D eigenvalue weighted by molar-refractivity contribution is 9.11. The molecule has 2 aromatic rings. The van der Waals surface area contributed by atoms with Gasteiger partial charge in [-0.2, -0.15) is 0 Å². The number of amides is 2. The molecule has 0 atom stereocenters. The molecule has 0 aliphatic rings. The molecule has 116 valence electrons. The van der Waals surface area contributed by atoms with E-state index in [0.29, 0.717) is 20.3 Å². The van der Waals surface area contributed by atoms with E-state index in [4.69, 9.17) is 11.7 Å². The van der Waals surface area contributed by atoms with Crippen LogP contribution in [-0.2, 0) is 0 Å². The minimum atomic E-state index is -0.578. The number of benzene rings is 2. The fourth-order valence-corrected chi connectivity index (χ4v) is 4.15. The highest BCUT2D eigenvalue weighted by Gasteiger charge is 2.22. The molecule has 0 aliphatic heterocycles. The molecule has 0 spiro atoms. The van der Waals surface area contributed by atoms with Gasteiger partial charge in [-0.3, -0.25) is 0 Å². The third-order valence-electron chi connectivity index (χ3n) is 2.75. The first-order chi connectivity index (χ1) is 10.3. The Morgan fingerprint density at radius 3 is 1.45 bits per heavy atom. The number of halogens is 4. The van der Waals surface area contributed by atoms with Gasteiger partial charge in [0.25, 0.3) is 0 Å². The fourth-order valence-electron chi connectivity index (χ4n) is 1.68. The normalized spacial score (nSPS) is 10.5. The van der Waals surface area contributed by atoms with E-state index in [-0.39, 0.29) is 0 Å². The van der Waals surface area contributed by atoms with Crippen molar-refractivity contribution in [2.75, 3.05) is 10.0 Å². The minimum Gasteiger partial charge on any atom is -0.245 e. The number of rotatable bonds is 2. The highest BCUT2D eigenvalue weighted by Crippen LogP contribution is 2.31. The number of carbonyl (C=O) groups excluding carboxylic acids is 1. The molecule has 0 saturated heterocycles. The second-order valence-corrected chi connectivity index (χ2v) is 7.75. The Kier molecular flexibility index (Phi) is 6.03. The molecule has 0 aliphatic carbocycles. The summed E-state index contributed by atoms with van der Waals surface area (Å²) in [5.41, 5.74) is 0.994. The summed E-state index contributed by atoms with van der Waals surface area (Å²) in [5.74, 6) is 11.8. The Hall–Kier alpha value is -0.450. The van der Waals surface area contributed by atoms with Gasteiger partial charge in [0.2, 0.25) is 0 Å². The first kappa shape index (κ1) is 17.9. The van der Waals surface area contributed by atoms with E-state index in [0.717, 1.165) is 19.0 Å². The lowest BCUT2D eigenvalue weighted by Crippen LogP contribution is -2.51. The third kappa shape index (κ3) is 3.90. The Labute approximate surface area is 161 Å². The summed E-state index contributed by atoms with van der Waals surface area (Å²) in [6.45, 7) is 0. The lowest BCUT2D eigenvalue weighted by Gasteiger charge is -2.25. The topological polar surface area (TPSA) is 75.6 Å². The van der Waals surface area contributed by atoms with Crippen LogP contribution in [0.25, 0.3) is 0 Å². The van der Waals surface area contributed by atoms with Crippen molar-refractivity contribution in [2.45, 2.75) is 0 Å². The molecule has 2 rings (SSSR count). The van der Waals surface area contributed by atoms with E-state index in [1.54, 1.807) is 36.4 Å². The third-order valence-corrected chi connectivity index (χ3v) is 5.01. The Bertz CT molecular complexity index is 666. The van der Waals surface area contributed by atoms with Gasteiger partial charge >= 0.3 is 6.03 Å². The van der Waals surface area contributed by atoms with Crippen LogP contribution in [0.4, 0.5) is 16.2 Å². The maximum Gasteiger partial charge on any atom is 0.357 e. The molecule has 0 radical (unpaired) electrons. The highest BCUT2D eigenvalue weighted by atomic mass is 79.9. The number of urea groups is 1. The van der Waals surface area contributed by atoms with E-state index in [1.165, 1.54) is 0 Å². The van der Waals surface area contributed by atoms with E-state index in [9.17, 15) is 4.79 Å². The number of nitrogens with zero attached hydrogens (tertiary/aromatic N) is 2. The van der Waals surface area contributed by atoms with Crippen molar-refractivity contribution in [3.05, 3.63) is 54.3 Å². The van der Waals surface area contributed by atoms with Gasteiger partial charge in [-0.05, 0) is 68.3 Å². The lowest BCUT2D eigenvalue weighted by molar-refractivity contribution is 0.251. The molecule has 0 fully saturated rings. The molecule has 0 unspecified atom stereocenters. The minimum absolute atomic E-state index is 0.497. The number of hydrogen-bond acceptors (Lipinski definition) is 3.